The number of nitrogens with zero attached hydrogens (tertiary/aromatic N) is 3. The van der Waals surface area contributed by atoms with Crippen molar-refractivity contribution in [2.24, 2.45) is 10.1 Å². The van der Waals surface area contributed by atoms with Crippen LogP contribution in [0.25, 0.3) is 10.6 Å². The van der Waals surface area contributed by atoms with Crippen molar-refractivity contribution in [1.82, 2.24) is 4.68 Å². The Balaban J connectivity index is 2.05. The Bertz CT molecular complexity index is 836. The van der Waals surface area contributed by atoms with Crippen LogP contribution in [0, 0.1) is 0 Å². The monoisotopic (exact) mass is 329 g/mol. The van der Waals surface area contributed by atoms with E-state index in [4.69, 9.17) is 4.42 Å². The number of hydrogen-bond donors (Lipinski definition) is 0. The molecule has 4 nitrogen and oxygen atoms in total. The van der Waals surface area contributed by atoms with Crippen molar-refractivity contribution in [3.63, 3.8) is 0 Å². The van der Waals surface area contributed by atoms with Crippen LogP contribution in [-0.4, -0.2) is 17.4 Å². The van der Waals surface area contributed by atoms with E-state index in [1.807, 2.05) is 29.8 Å². The first kappa shape index (κ1) is 14.7. The molecule has 0 spiro atoms. The minimum atomic E-state index is 0.598. The summed E-state index contributed by atoms with van der Waals surface area (Å²) in [6, 6.07) is 7.81. The molecule has 0 atom stereocenters. The summed E-state index contributed by atoms with van der Waals surface area (Å²) in [5, 5.41) is 8.66. The summed E-state index contributed by atoms with van der Waals surface area (Å²) in [4.78, 5) is 6.58. The van der Waals surface area contributed by atoms with Crippen LogP contribution in [0.15, 0.2) is 68.0 Å². The molecule has 6 heteroatoms. The highest BCUT2D eigenvalue weighted by atomic mass is 32.1. The van der Waals surface area contributed by atoms with Gasteiger partial charge in [0.1, 0.15) is 5.76 Å². The van der Waals surface area contributed by atoms with Crippen molar-refractivity contribution in [2.45, 2.75) is 6.92 Å². The van der Waals surface area contributed by atoms with Crippen molar-refractivity contribution in [2.75, 3.05) is 6.54 Å². The van der Waals surface area contributed by atoms with Crippen molar-refractivity contribution in [1.29, 1.82) is 0 Å². The number of thiazole rings is 1. The van der Waals surface area contributed by atoms with Crippen LogP contribution in [0.5, 0.6) is 0 Å². The van der Waals surface area contributed by atoms with Gasteiger partial charge in [-0.2, -0.15) is 5.10 Å². The van der Waals surface area contributed by atoms with Crippen LogP contribution < -0.4 is 4.80 Å². The predicted octanol–water partition coefficient (Wildman–Crippen LogP) is 4.23. The van der Waals surface area contributed by atoms with Crippen LogP contribution in [-0.2, 0) is 0 Å². The quantitative estimate of drug-likeness (QED) is 0.510. The molecular formula is C16H15N3OS2. The van der Waals surface area contributed by atoms with Crippen LogP contribution in [0.3, 0.4) is 0 Å². The Hall–Kier alpha value is -2.18. The molecule has 0 saturated heterocycles. The average molecular weight is 329 g/mol. The lowest BCUT2D eigenvalue weighted by Crippen LogP contribution is -2.12. The van der Waals surface area contributed by atoms with E-state index in [9.17, 15) is 0 Å². The van der Waals surface area contributed by atoms with Gasteiger partial charge in [-0.3, -0.25) is 4.99 Å². The third-order valence-corrected chi connectivity index (χ3v) is 4.53. The minimum Gasteiger partial charge on any atom is -0.463 e. The first-order valence-electron chi connectivity index (χ1n) is 6.71. The molecule has 0 N–H and O–H groups in total. The molecule has 0 unspecified atom stereocenters. The van der Waals surface area contributed by atoms with Crippen molar-refractivity contribution in [3.8, 4) is 10.6 Å². The summed E-state index contributed by atoms with van der Waals surface area (Å²) >= 11 is 3.25. The Kier molecular flexibility index (Phi) is 4.50. The maximum atomic E-state index is 5.30. The van der Waals surface area contributed by atoms with Gasteiger partial charge < -0.3 is 4.42 Å². The van der Waals surface area contributed by atoms with E-state index in [2.05, 4.69) is 33.5 Å². The zero-order chi connectivity index (χ0) is 15.4. The molecule has 0 fully saturated rings. The molecule has 3 heterocycles. The van der Waals surface area contributed by atoms with Gasteiger partial charge in [0.15, 0.2) is 0 Å². The van der Waals surface area contributed by atoms with Crippen molar-refractivity contribution >= 4 is 28.9 Å². The van der Waals surface area contributed by atoms with Gasteiger partial charge >= 0.3 is 0 Å². The molecule has 0 aromatic carbocycles. The minimum absolute atomic E-state index is 0.598. The molecule has 0 aliphatic rings. The summed E-state index contributed by atoms with van der Waals surface area (Å²) in [5.74, 6) is 0.710. The standard InChI is InChI=1S/C16H15N3OS2/c1-12(2)9-17-16-19(18-10-13-5-3-7-20-13)14(11-22-16)15-6-4-8-21-15/h3-8,10-11H,1,9H2,2H3. The summed E-state index contributed by atoms with van der Waals surface area (Å²) in [7, 11) is 0. The lowest BCUT2D eigenvalue weighted by Gasteiger charge is -2.00. The zero-order valence-corrected chi connectivity index (χ0v) is 13.7. The Morgan fingerprint density at radius 2 is 2.27 bits per heavy atom. The summed E-state index contributed by atoms with van der Waals surface area (Å²) in [6.07, 6.45) is 3.33. The maximum Gasteiger partial charge on any atom is 0.206 e. The van der Waals surface area contributed by atoms with Crippen LogP contribution in [0.2, 0.25) is 0 Å². The smallest absolute Gasteiger partial charge is 0.206 e. The number of aromatic nitrogens is 1. The van der Waals surface area contributed by atoms with Crippen LogP contribution in [0.4, 0.5) is 0 Å². The molecule has 0 amide bonds. The highest BCUT2D eigenvalue weighted by Gasteiger charge is 2.08. The third kappa shape index (κ3) is 3.35. The fourth-order valence-corrected chi connectivity index (χ4v) is 3.43. The maximum absolute atomic E-state index is 5.30. The summed E-state index contributed by atoms with van der Waals surface area (Å²) in [6.45, 7) is 6.46. The first-order chi connectivity index (χ1) is 10.7. The van der Waals surface area contributed by atoms with Gasteiger partial charge in [-0.25, -0.2) is 4.68 Å². The molecule has 3 rings (SSSR count). The van der Waals surface area contributed by atoms with E-state index < -0.39 is 0 Å². The molecule has 0 aliphatic carbocycles. The number of hydrogen-bond acceptors (Lipinski definition) is 5. The summed E-state index contributed by atoms with van der Waals surface area (Å²) in [5.41, 5.74) is 2.05. The molecule has 3 aromatic heterocycles. The van der Waals surface area contributed by atoms with E-state index >= 15 is 0 Å². The highest BCUT2D eigenvalue weighted by Crippen LogP contribution is 2.25. The Labute approximate surface area is 136 Å². The van der Waals surface area contributed by atoms with E-state index in [0.717, 1.165) is 20.9 Å². The van der Waals surface area contributed by atoms with Crippen molar-refractivity contribution < 1.29 is 4.42 Å². The van der Waals surface area contributed by atoms with Gasteiger partial charge in [0.25, 0.3) is 0 Å². The SMILES string of the molecule is C=C(C)CN=c1scc(-c2cccs2)n1N=Cc1ccco1. The largest absolute Gasteiger partial charge is 0.463 e. The zero-order valence-electron chi connectivity index (χ0n) is 12.1. The highest BCUT2D eigenvalue weighted by molar-refractivity contribution is 7.14. The Morgan fingerprint density at radius 3 is 2.95 bits per heavy atom. The number of furan rings is 1. The van der Waals surface area contributed by atoms with Gasteiger partial charge in [-0.15, -0.1) is 22.7 Å². The van der Waals surface area contributed by atoms with Gasteiger partial charge in [0.2, 0.25) is 4.80 Å². The second-order valence-corrected chi connectivity index (χ2v) is 6.51. The fourth-order valence-electron chi connectivity index (χ4n) is 1.80. The lowest BCUT2D eigenvalue weighted by atomic mass is 10.4. The average Bonchev–Trinajstić information content (AvgIpc) is 3.23. The van der Waals surface area contributed by atoms with Gasteiger partial charge in [-0.05, 0) is 30.5 Å². The Morgan fingerprint density at radius 1 is 1.36 bits per heavy atom. The molecular weight excluding hydrogens is 314 g/mol. The van der Waals surface area contributed by atoms with E-state index in [0.29, 0.717) is 12.3 Å². The van der Waals surface area contributed by atoms with Crippen molar-refractivity contribution in [3.05, 3.63) is 64.0 Å². The van der Waals surface area contributed by atoms with Gasteiger partial charge in [0, 0.05) is 5.38 Å². The lowest BCUT2D eigenvalue weighted by molar-refractivity contribution is 0.559. The third-order valence-electron chi connectivity index (χ3n) is 2.79. The van der Waals surface area contributed by atoms with E-state index in [1.165, 1.54) is 0 Å². The second-order valence-electron chi connectivity index (χ2n) is 4.73. The topological polar surface area (TPSA) is 42.8 Å². The predicted molar refractivity (Wildman–Crippen MR) is 92.6 cm³/mol. The number of thiophene rings is 1. The molecule has 0 bridgehead atoms. The van der Waals surface area contributed by atoms with Gasteiger partial charge in [-0.1, -0.05) is 18.2 Å². The van der Waals surface area contributed by atoms with Gasteiger partial charge in [0.05, 0.1) is 29.6 Å². The molecule has 0 saturated carbocycles. The van der Waals surface area contributed by atoms with Crippen LogP contribution in [0.1, 0.15) is 12.7 Å². The molecule has 22 heavy (non-hydrogen) atoms. The molecule has 0 radical (unpaired) electrons. The summed E-state index contributed by atoms with van der Waals surface area (Å²) < 4.78 is 7.15. The van der Waals surface area contributed by atoms with E-state index in [1.54, 1.807) is 35.2 Å². The fraction of sp³-hybridized carbons (Fsp3) is 0.125. The molecule has 112 valence electrons. The first-order valence-corrected chi connectivity index (χ1v) is 8.47. The second kappa shape index (κ2) is 6.72. The number of rotatable bonds is 5. The van der Waals surface area contributed by atoms with E-state index in [-0.39, 0.29) is 0 Å². The van der Waals surface area contributed by atoms with Crippen LogP contribution >= 0.6 is 22.7 Å². The normalized spacial score (nSPS) is 12.3. The molecule has 3 aromatic rings. The molecule has 0 aliphatic heterocycles.